The van der Waals surface area contributed by atoms with Crippen molar-refractivity contribution in [3.05, 3.63) is 12.7 Å². The van der Waals surface area contributed by atoms with Gasteiger partial charge >= 0.3 is 75.2 Å². The summed E-state index contributed by atoms with van der Waals surface area (Å²) in [5.41, 5.74) is 0. The molecule has 4 rings (SSSR count). The van der Waals surface area contributed by atoms with E-state index in [9.17, 15) is 0 Å². The topological polar surface area (TPSA) is 0 Å². The third kappa shape index (κ3) is 0.369. The third-order valence-electron chi connectivity index (χ3n) is 6.22. The van der Waals surface area contributed by atoms with Crippen LogP contribution in [-0.2, 0) is 0 Å². The molecular weight excluding hydrogens is 163 g/mol. The van der Waals surface area contributed by atoms with Crippen molar-refractivity contribution in [3.8, 4) is 0 Å². The molecule has 0 radical (unpaired) electrons. The number of rotatable bonds is 1. The van der Waals surface area contributed by atoms with Gasteiger partial charge in [0.25, 0.3) is 0 Å². The summed E-state index contributed by atoms with van der Waals surface area (Å²) in [6, 6.07) is 0. The van der Waals surface area contributed by atoms with Crippen molar-refractivity contribution in [1.29, 1.82) is 0 Å². The van der Waals surface area contributed by atoms with Gasteiger partial charge in [0.2, 0.25) is 0 Å². The molecule has 0 spiro atoms. The second-order valence-electron chi connectivity index (χ2n) is 5.67. The van der Waals surface area contributed by atoms with Crippen LogP contribution in [0.25, 0.3) is 0 Å². The van der Waals surface area contributed by atoms with Crippen molar-refractivity contribution in [2.24, 2.45) is 11.8 Å². The second-order valence-corrected chi connectivity index (χ2v) is 10.7. The van der Waals surface area contributed by atoms with E-state index >= 15 is 0 Å². The van der Waals surface area contributed by atoms with Gasteiger partial charge in [0, 0.05) is 0 Å². The molecule has 0 aromatic rings. The van der Waals surface area contributed by atoms with Gasteiger partial charge in [-0.1, -0.05) is 0 Å². The number of hydrogen-bond donors (Lipinski definition) is 0. The Morgan fingerprint density at radius 1 is 1.58 bits per heavy atom. The molecule has 0 aromatic carbocycles. The molecule has 3 heterocycles. The third-order valence-corrected chi connectivity index (χ3v) is 13.4. The molecule has 1 heteroatoms. The Bertz CT molecular complexity index is 285. The molecule has 3 saturated heterocycles. The maximum absolute atomic E-state index is 4.09. The molecule has 0 N–H and O–H groups in total. The molecular formula is C11H19P. The summed E-state index contributed by atoms with van der Waals surface area (Å²) in [6.07, 6.45) is 5.44. The second kappa shape index (κ2) is 1.57. The van der Waals surface area contributed by atoms with Crippen LogP contribution in [0.3, 0.4) is 0 Å². The summed E-state index contributed by atoms with van der Waals surface area (Å²) in [5.74, 6) is 2.08. The Labute approximate surface area is 75.8 Å². The predicted molar refractivity (Wildman–Crippen MR) is 57.7 cm³/mol. The molecule has 4 unspecified atom stereocenters. The Hall–Kier alpha value is 0.170. The molecule has 3 aliphatic heterocycles. The van der Waals surface area contributed by atoms with Crippen LogP contribution in [0, 0.1) is 11.8 Å². The molecule has 1 saturated carbocycles. The van der Waals surface area contributed by atoms with Crippen LogP contribution in [0.4, 0.5) is 0 Å². The van der Waals surface area contributed by atoms with Crippen molar-refractivity contribution in [3.63, 3.8) is 0 Å². The predicted octanol–water partition coefficient (Wildman–Crippen LogP) is 2.73. The van der Waals surface area contributed by atoms with E-state index in [1.807, 2.05) is 0 Å². The Morgan fingerprint density at radius 3 is 2.42 bits per heavy atom. The first-order valence-electron chi connectivity index (χ1n) is 5.17. The first-order chi connectivity index (χ1) is 5.53. The van der Waals surface area contributed by atoms with Crippen LogP contribution in [0.1, 0.15) is 20.3 Å². The van der Waals surface area contributed by atoms with E-state index < -0.39 is 7.26 Å². The standard InChI is InChI=1S/C11H19P/c1-5-11-6-9-7-12(11,4)10(11,3)8(9)2/h5,8-9,12H,1,6-7H2,2-4H3. The first-order valence-corrected chi connectivity index (χ1v) is 7.88. The van der Waals surface area contributed by atoms with E-state index in [-0.39, 0.29) is 0 Å². The van der Waals surface area contributed by atoms with Crippen molar-refractivity contribution < 1.29 is 0 Å². The van der Waals surface area contributed by atoms with Crippen LogP contribution < -0.4 is 0 Å². The van der Waals surface area contributed by atoms with Crippen LogP contribution in [0.15, 0.2) is 12.7 Å². The number of allylic oxidation sites excluding steroid dienone is 1. The fourth-order valence-corrected chi connectivity index (χ4v) is 13.4. The van der Waals surface area contributed by atoms with E-state index in [0.29, 0.717) is 5.16 Å². The van der Waals surface area contributed by atoms with Gasteiger partial charge in [-0.05, 0) is 0 Å². The first kappa shape index (κ1) is 7.56. The molecule has 4 bridgehead atoms. The summed E-state index contributed by atoms with van der Waals surface area (Å²) in [4.78, 5) is 0. The van der Waals surface area contributed by atoms with Gasteiger partial charge in [-0.3, -0.25) is 0 Å². The summed E-state index contributed by atoms with van der Waals surface area (Å²) < 4.78 is 0. The van der Waals surface area contributed by atoms with Crippen LogP contribution in [0.2, 0.25) is 0 Å². The maximum atomic E-state index is 4.09. The van der Waals surface area contributed by atoms with E-state index in [1.54, 1.807) is 6.16 Å². The van der Waals surface area contributed by atoms with Gasteiger partial charge in [-0.2, -0.15) is 0 Å². The molecule has 4 atom stereocenters. The average molecular weight is 182 g/mol. The molecule has 1 aliphatic carbocycles. The van der Waals surface area contributed by atoms with E-state index in [0.717, 1.165) is 17.0 Å². The van der Waals surface area contributed by atoms with Crippen LogP contribution in [-0.4, -0.2) is 23.1 Å². The molecule has 4 fully saturated rings. The fraction of sp³-hybridized carbons (Fsp3) is 0.818. The summed E-state index contributed by atoms with van der Waals surface area (Å²) in [7, 11) is -0.858. The van der Waals surface area contributed by atoms with E-state index in [2.05, 4.69) is 33.2 Å². The zero-order chi connectivity index (χ0) is 8.78. The molecule has 68 valence electrons. The van der Waals surface area contributed by atoms with Crippen molar-refractivity contribution >= 4 is 7.26 Å². The van der Waals surface area contributed by atoms with Crippen molar-refractivity contribution in [2.45, 2.75) is 30.6 Å². The van der Waals surface area contributed by atoms with Gasteiger partial charge in [0.1, 0.15) is 0 Å². The van der Waals surface area contributed by atoms with Crippen molar-refractivity contribution in [2.75, 3.05) is 12.8 Å². The zero-order valence-electron chi connectivity index (χ0n) is 8.35. The van der Waals surface area contributed by atoms with E-state index in [1.165, 1.54) is 6.42 Å². The SMILES string of the molecule is C=CC12CC3C[PH]1(C)C2(C)C3C. The summed E-state index contributed by atoms with van der Waals surface area (Å²) in [5, 5.41) is 1.44. The van der Waals surface area contributed by atoms with Crippen LogP contribution in [0.5, 0.6) is 0 Å². The van der Waals surface area contributed by atoms with Gasteiger partial charge in [0.05, 0.1) is 0 Å². The van der Waals surface area contributed by atoms with Gasteiger partial charge in [-0.15, -0.1) is 0 Å². The molecule has 0 aromatic heterocycles. The quantitative estimate of drug-likeness (QED) is 0.432. The van der Waals surface area contributed by atoms with Gasteiger partial charge in [-0.25, -0.2) is 0 Å². The van der Waals surface area contributed by atoms with Crippen LogP contribution >= 0.6 is 7.26 Å². The monoisotopic (exact) mass is 182 g/mol. The molecule has 0 nitrogen and oxygen atoms in total. The Morgan fingerprint density at radius 2 is 2.25 bits per heavy atom. The molecule has 4 aliphatic rings. The normalized spacial score (nSPS) is 66.2. The van der Waals surface area contributed by atoms with Crippen molar-refractivity contribution in [1.82, 2.24) is 0 Å². The molecule has 0 amide bonds. The van der Waals surface area contributed by atoms with Gasteiger partial charge in [0.15, 0.2) is 0 Å². The average Bonchev–Trinajstić information content (AvgIpc) is 2.42. The van der Waals surface area contributed by atoms with Gasteiger partial charge < -0.3 is 0 Å². The fourth-order valence-electron chi connectivity index (χ4n) is 5.25. The summed E-state index contributed by atoms with van der Waals surface area (Å²) >= 11 is 0. The summed E-state index contributed by atoms with van der Waals surface area (Å²) in [6.45, 7) is 11.8. The minimum atomic E-state index is -0.858. The Balaban J connectivity index is 2.21. The number of hydrogen-bond acceptors (Lipinski definition) is 0. The Kier molecular flexibility index (Phi) is 0.986. The van der Waals surface area contributed by atoms with E-state index in [4.69, 9.17) is 0 Å². The zero-order valence-corrected chi connectivity index (χ0v) is 9.35. The molecule has 12 heavy (non-hydrogen) atoms. The minimum absolute atomic E-state index is 0.685.